The van der Waals surface area contributed by atoms with Gasteiger partial charge in [0, 0.05) is 12.2 Å². The van der Waals surface area contributed by atoms with Crippen LogP contribution in [0.25, 0.3) is 0 Å². The van der Waals surface area contributed by atoms with Gasteiger partial charge in [-0.15, -0.1) is 0 Å². The number of urea groups is 1. The fourth-order valence-electron chi connectivity index (χ4n) is 1.77. The van der Waals surface area contributed by atoms with Crippen LogP contribution in [-0.4, -0.2) is 13.1 Å². The van der Waals surface area contributed by atoms with Crippen LogP contribution in [0, 0.1) is 12.7 Å². The number of ether oxygens (including phenoxy) is 1. The zero-order valence-corrected chi connectivity index (χ0v) is 11.9. The molecule has 0 unspecified atom stereocenters. The number of benzene rings is 2. The molecule has 2 aromatic rings. The summed E-state index contributed by atoms with van der Waals surface area (Å²) in [6.45, 7) is 2.05. The van der Waals surface area contributed by atoms with Crippen molar-refractivity contribution in [2.45, 2.75) is 13.5 Å². The number of methoxy groups -OCH3 is 1. The predicted molar refractivity (Wildman–Crippen MR) is 80.0 cm³/mol. The molecule has 0 aliphatic carbocycles. The summed E-state index contributed by atoms with van der Waals surface area (Å²) in [5.74, 6) is 0.418. The minimum atomic E-state index is -0.380. The Balaban J connectivity index is 1.87. The zero-order chi connectivity index (χ0) is 15.2. The molecule has 0 aliphatic heterocycles. The van der Waals surface area contributed by atoms with Gasteiger partial charge in [-0.2, -0.15) is 0 Å². The summed E-state index contributed by atoms with van der Waals surface area (Å²) in [5, 5.41) is 5.29. The fourth-order valence-corrected chi connectivity index (χ4v) is 1.77. The summed E-state index contributed by atoms with van der Waals surface area (Å²) < 4.78 is 18.4. The van der Waals surface area contributed by atoms with E-state index in [1.54, 1.807) is 26.2 Å². The first-order chi connectivity index (χ1) is 10.1. The maximum absolute atomic E-state index is 13.4. The molecular formula is C16H17FN2O2. The van der Waals surface area contributed by atoms with Crippen LogP contribution in [0.2, 0.25) is 0 Å². The van der Waals surface area contributed by atoms with Gasteiger partial charge in [0.05, 0.1) is 7.11 Å². The molecule has 2 aromatic carbocycles. The Morgan fingerprint density at radius 3 is 2.52 bits per heavy atom. The Labute approximate surface area is 122 Å². The Hall–Kier alpha value is -2.56. The van der Waals surface area contributed by atoms with Crippen molar-refractivity contribution in [3.05, 3.63) is 59.4 Å². The number of nitrogens with one attached hydrogen (secondary N) is 2. The molecule has 0 bridgehead atoms. The van der Waals surface area contributed by atoms with E-state index in [4.69, 9.17) is 4.74 Å². The molecular weight excluding hydrogens is 271 g/mol. The second kappa shape index (κ2) is 6.74. The average Bonchev–Trinajstić information content (AvgIpc) is 2.49. The highest BCUT2D eigenvalue weighted by molar-refractivity contribution is 5.89. The molecule has 2 N–H and O–H groups in total. The van der Waals surface area contributed by atoms with Gasteiger partial charge in [0.2, 0.25) is 0 Å². The summed E-state index contributed by atoms with van der Waals surface area (Å²) >= 11 is 0. The molecule has 2 amide bonds. The molecule has 0 fully saturated rings. The van der Waals surface area contributed by atoms with E-state index in [1.807, 2.05) is 24.3 Å². The monoisotopic (exact) mass is 288 g/mol. The lowest BCUT2D eigenvalue weighted by Crippen LogP contribution is -2.28. The van der Waals surface area contributed by atoms with Gasteiger partial charge < -0.3 is 15.4 Å². The largest absolute Gasteiger partial charge is 0.497 e. The van der Waals surface area contributed by atoms with Crippen LogP contribution in [0.1, 0.15) is 11.1 Å². The Morgan fingerprint density at radius 2 is 1.90 bits per heavy atom. The van der Waals surface area contributed by atoms with Crippen molar-refractivity contribution in [2.75, 3.05) is 12.4 Å². The molecule has 0 heterocycles. The number of amides is 2. The minimum Gasteiger partial charge on any atom is -0.497 e. The maximum atomic E-state index is 13.4. The quantitative estimate of drug-likeness (QED) is 0.905. The molecule has 0 aliphatic rings. The van der Waals surface area contributed by atoms with Crippen molar-refractivity contribution in [3.63, 3.8) is 0 Å². The molecule has 0 radical (unpaired) electrons. The standard InChI is InChI=1S/C16H17FN2O2/c1-11-3-6-13(9-15(11)17)19-16(20)18-10-12-4-7-14(21-2)8-5-12/h3-9H,10H2,1-2H3,(H2,18,19,20). The lowest BCUT2D eigenvalue weighted by molar-refractivity contribution is 0.251. The Kier molecular flexibility index (Phi) is 4.77. The van der Waals surface area contributed by atoms with Crippen LogP contribution >= 0.6 is 0 Å². The number of rotatable bonds is 4. The second-order valence-electron chi connectivity index (χ2n) is 4.62. The normalized spacial score (nSPS) is 10.0. The minimum absolute atomic E-state index is 0.344. The van der Waals surface area contributed by atoms with E-state index in [0.717, 1.165) is 11.3 Å². The van der Waals surface area contributed by atoms with Crippen LogP contribution in [0.3, 0.4) is 0 Å². The van der Waals surface area contributed by atoms with Crippen molar-refractivity contribution in [3.8, 4) is 5.75 Å². The van der Waals surface area contributed by atoms with Gasteiger partial charge in [0.15, 0.2) is 0 Å². The highest BCUT2D eigenvalue weighted by Gasteiger charge is 2.04. The lowest BCUT2D eigenvalue weighted by atomic mass is 10.2. The summed E-state index contributed by atoms with van der Waals surface area (Å²) in [5.41, 5.74) is 1.91. The summed E-state index contributed by atoms with van der Waals surface area (Å²) in [6, 6.07) is 11.6. The molecule has 5 heteroatoms. The van der Waals surface area contributed by atoms with Crippen molar-refractivity contribution < 1.29 is 13.9 Å². The number of hydrogen-bond donors (Lipinski definition) is 2. The number of aryl methyl sites for hydroxylation is 1. The van der Waals surface area contributed by atoms with E-state index in [1.165, 1.54) is 6.07 Å². The van der Waals surface area contributed by atoms with E-state index in [9.17, 15) is 9.18 Å². The van der Waals surface area contributed by atoms with Crippen molar-refractivity contribution >= 4 is 11.7 Å². The van der Waals surface area contributed by atoms with Crippen LogP contribution in [0.5, 0.6) is 5.75 Å². The third-order valence-electron chi connectivity index (χ3n) is 3.04. The molecule has 21 heavy (non-hydrogen) atoms. The van der Waals surface area contributed by atoms with Gasteiger partial charge in [-0.1, -0.05) is 18.2 Å². The summed E-state index contributed by atoms with van der Waals surface area (Å²) in [7, 11) is 1.60. The smallest absolute Gasteiger partial charge is 0.319 e. The third kappa shape index (κ3) is 4.21. The molecule has 0 saturated heterocycles. The zero-order valence-electron chi connectivity index (χ0n) is 11.9. The number of carbonyl (C=O) groups is 1. The van der Waals surface area contributed by atoms with Crippen LogP contribution in [0.15, 0.2) is 42.5 Å². The van der Waals surface area contributed by atoms with Gasteiger partial charge in [-0.05, 0) is 42.3 Å². The van der Waals surface area contributed by atoms with E-state index >= 15 is 0 Å². The van der Waals surface area contributed by atoms with Gasteiger partial charge in [-0.25, -0.2) is 9.18 Å². The van der Waals surface area contributed by atoms with Crippen molar-refractivity contribution in [1.29, 1.82) is 0 Å². The number of halogens is 1. The number of carbonyl (C=O) groups excluding carboxylic acids is 1. The van der Waals surface area contributed by atoms with Crippen LogP contribution < -0.4 is 15.4 Å². The summed E-state index contributed by atoms with van der Waals surface area (Å²) in [6.07, 6.45) is 0. The number of hydrogen-bond acceptors (Lipinski definition) is 2. The van der Waals surface area contributed by atoms with Gasteiger partial charge >= 0.3 is 6.03 Å². The highest BCUT2D eigenvalue weighted by Crippen LogP contribution is 2.14. The molecule has 110 valence electrons. The topological polar surface area (TPSA) is 50.4 Å². The number of anilines is 1. The molecule has 0 saturated carbocycles. The van der Waals surface area contributed by atoms with Crippen molar-refractivity contribution in [2.24, 2.45) is 0 Å². The maximum Gasteiger partial charge on any atom is 0.319 e. The first-order valence-corrected chi connectivity index (χ1v) is 6.52. The summed E-state index contributed by atoms with van der Waals surface area (Å²) in [4.78, 5) is 11.7. The molecule has 0 atom stereocenters. The Bertz CT molecular complexity index is 627. The highest BCUT2D eigenvalue weighted by atomic mass is 19.1. The Morgan fingerprint density at radius 1 is 1.19 bits per heavy atom. The molecule has 0 spiro atoms. The second-order valence-corrected chi connectivity index (χ2v) is 4.62. The predicted octanol–water partition coefficient (Wildman–Crippen LogP) is 3.46. The first-order valence-electron chi connectivity index (χ1n) is 6.52. The van der Waals surface area contributed by atoms with E-state index < -0.39 is 0 Å². The molecule has 2 rings (SSSR count). The lowest BCUT2D eigenvalue weighted by Gasteiger charge is -2.09. The van der Waals surface area contributed by atoms with Crippen LogP contribution in [-0.2, 0) is 6.54 Å². The first kappa shape index (κ1) is 14.8. The van der Waals surface area contributed by atoms with Gasteiger partial charge in [-0.3, -0.25) is 0 Å². The fraction of sp³-hybridized carbons (Fsp3) is 0.188. The van der Waals surface area contributed by atoms with Gasteiger partial charge in [0.1, 0.15) is 11.6 Å². The molecule has 4 nitrogen and oxygen atoms in total. The SMILES string of the molecule is COc1ccc(CNC(=O)Nc2ccc(C)c(F)c2)cc1. The van der Waals surface area contributed by atoms with E-state index in [-0.39, 0.29) is 11.8 Å². The average molecular weight is 288 g/mol. The van der Waals surface area contributed by atoms with Crippen LogP contribution in [0.4, 0.5) is 14.9 Å². The van der Waals surface area contributed by atoms with Gasteiger partial charge in [0.25, 0.3) is 0 Å². The van der Waals surface area contributed by atoms with E-state index in [0.29, 0.717) is 17.8 Å². The van der Waals surface area contributed by atoms with E-state index in [2.05, 4.69) is 10.6 Å². The third-order valence-corrected chi connectivity index (χ3v) is 3.04. The molecule has 0 aromatic heterocycles. The van der Waals surface area contributed by atoms with Crippen molar-refractivity contribution in [1.82, 2.24) is 5.32 Å².